The molecule has 0 spiro atoms. The number of likely N-dealkylation sites (tertiary alicyclic amines) is 1. The van der Waals surface area contributed by atoms with Crippen molar-refractivity contribution in [1.82, 2.24) is 25.3 Å². The zero-order valence-corrected chi connectivity index (χ0v) is 18.5. The quantitative estimate of drug-likeness (QED) is 0.623. The maximum Gasteiger partial charge on any atom is 0.432 e. The molecule has 3 heterocycles. The molecule has 0 radical (unpaired) electrons. The molecule has 0 bridgehead atoms. The van der Waals surface area contributed by atoms with Crippen molar-refractivity contribution >= 4 is 17.2 Å². The fourth-order valence-corrected chi connectivity index (χ4v) is 4.27. The lowest BCUT2D eigenvalue weighted by Crippen LogP contribution is -2.31. The second-order valence-electron chi connectivity index (χ2n) is 7.51. The second kappa shape index (κ2) is 9.69. The first-order valence-corrected chi connectivity index (χ1v) is 10.8. The van der Waals surface area contributed by atoms with Gasteiger partial charge in [-0.25, -0.2) is 0 Å². The van der Waals surface area contributed by atoms with E-state index < -0.39 is 11.9 Å². The molecule has 2 aromatic rings. The number of carbonyl (C=O) groups excluding carboxylic acids is 1. The minimum atomic E-state index is -4.48. The van der Waals surface area contributed by atoms with E-state index in [0.29, 0.717) is 22.3 Å². The summed E-state index contributed by atoms with van der Waals surface area (Å²) in [4.78, 5) is 17.8. The molecule has 0 saturated carbocycles. The molecule has 6 nitrogen and oxygen atoms in total. The van der Waals surface area contributed by atoms with Gasteiger partial charge < -0.3 is 15.1 Å². The number of nitrogens with zero attached hydrogens (tertiary/aromatic N) is 3. The van der Waals surface area contributed by atoms with Crippen LogP contribution in [0.25, 0.3) is 10.6 Å². The van der Waals surface area contributed by atoms with Crippen molar-refractivity contribution in [2.75, 3.05) is 33.7 Å². The number of likely N-dealkylation sites (N-methyl/N-ethyl adjacent to an activating group) is 1. The predicted molar refractivity (Wildman–Crippen MR) is 116 cm³/mol. The first-order valence-electron chi connectivity index (χ1n) is 9.94. The maximum absolute atomic E-state index is 12.7. The van der Waals surface area contributed by atoms with Crippen LogP contribution in [0, 0.1) is 0 Å². The summed E-state index contributed by atoms with van der Waals surface area (Å²) in [5.74, 6) is -0.275. The molecule has 10 heteroatoms. The lowest BCUT2D eigenvalue weighted by Gasteiger charge is -2.22. The van der Waals surface area contributed by atoms with Crippen LogP contribution >= 0.6 is 11.3 Å². The van der Waals surface area contributed by atoms with Crippen molar-refractivity contribution in [2.24, 2.45) is 0 Å². The van der Waals surface area contributed by atoms with Gasteiger partial charge in [-0.1, -0.05) is 12.2 Å². The van der Waals surface area contributed by atoms with Crippen LogP contribution in [0.2, 0.25) is 0 Å². The van der Waals surface area contributed by atoms with Crippen LogP contribution in [-0.2, 0) is 6.18 Å². The number of halogens is 3. The standard InChI is InChI=1S/C21H26F3N5OS/c1-4-14(29-11-9-15(13-29)28(2)3)6-5-10-25-20(30)18-8-7-17(31-18)16-12-19(27-26-16)21(22,23)24/h4-8,12,15H,9-11,13H2,1-3H3,(H,25,30)(H,26,27)/b6-5-,14-4+. The Morgan fingerprint density at radius 3 is 2.81 bits per heavy atom. The van der Waals surface area contributed by atoms with Gasteiger partial charge in [0.2, 0.25) is 0 Å². The van der Waals surface area contributed by atoms with E-state index in [1.54, 1.807) is 12.1 Å². The number of hydrogen-bond donors (Lipinski definition) is 2. The number of H-pyrrole nitrogens is 1. The highest BCUT2D eigenvalue weighted by molar-refractivity contribution is 7.17. The number of allylic oxidation sites excluding steroid dienone is 2. The molecule has 2 N–H and O–H groups in total. The molecule has 1 atom stereocenters. The average molecular weight is 454 g/mol. The Balaban J connectivity index is 1.53. The monoisotopic (exact) mass is 453 g/mol. The third-order valence-corrected chi connectivity index (χ3v) is 6.30. The molecule has 1 unspecified atom stereocenters. The molecule has 0 aromatic carbocycles. The molecule has 1 aliphatic heterocycles. The van der Waals surface area contributed by atoms with Gasteiger partial charge in [-0.05, 0) is 51.7 Å². The smallest absolute Gasteiger partial charge is 0.370 e. The van der Waals surface area contributed by atoms with Crippen LogP contribution in [-0.4, -0.2) is 65.7 Å². The third-order valence-electron chi connectivity index (χ3n) is 5.19. The SMILES string of the molecule is C/C=C(\C=C/CNC(=O)c1ccc(-c2cc(C(F)(F)F)[nH]n2)s1)N1CCC(N(C)C)C1. The minimum absolute atomic E-state index is 0.163. The van der Waals surface area contributed by atoms with Crippen molar-refractivity contribution in [2.45, 2.75) is 25.6 Å². The largest absolute Gasteiger partial charge is 0.432 e. The number of hydrogen-bond acceptors (Lipinski definition) is 5. The molecule has 1 amide bonds. The number of carbonyl (C=O) groups is 1. The zero-order valence-electron chi connectivity index (χ0n) is 17.7. The lowest BCUT2D eigenvalue weighted by molar-refractivity contribution is -0.141. The van der Waals surface area contributed by atoms with E-state index in [4.69, 9.17) is 0 Å². The summed E-state index contributed by atoms with van der Waals surface area (Å²) in [5.41, 5.74) is 0.369. The predicted octanol–water partition coefficient (Wildman–Crippen LogP) is 3.98. The third kappa shape index (κ3) is 5.76. The summed E-state index contributed by atoms with van der Waals surface area (Å²) in [7, 11) is 4.18. The normalized spacial score (nSPS) is 17.8. The highest BCUT2D eigenvalue weighted by Crippen LogP contribution is 2.32. The van der Waals surface area contributed by atoms with Crippen LogP contribution in [0.4, 0.5) is 13.2 Å². The van der Waals surface area contributed by atoms with Gasteiger partial charge in [0.1, 0.15) is 11.4 Å². The Morgan fingerprint density at radius 2 is 2.19 bits per heavy atom. The van der Waals surface area contributed by atoms with Crippen molar-refractivity contribution in [3.05, 3.63) is 52.7 Å². The molecule has 1 saturated heterocycles. The van der Waals surface area contributed by atoms with E-state index in [1.807, 2.05) is 24.2 Å². The molecule has 0 aliphatic carbocycles. The van der Waals surface area contributed by atoms with E-state index >= 15 is 0 Å². The van der Waals surface area contributed by atoms with Gasteiger partial charge >= 0.3 is 6.18 Å². The van der Waals surface area contributed by atoms with Gasteiger partial charge in [0.05, 0.1) is 9.75 Å². The van der Waals surface area contributed by atoms with Crippen LogP contribution in [0.1, 0.15) is 28.7 Å². The molecule has 31 heavy (non-hydrogen) atoms. The number of aromatic amines is 1. The molecular weight excluding hydrogens is 427 g/mol. The fraction of sp³-hybridized carbons (Fsp3) is 0.429. The van der Waals surface area contributed by atoms with Gasteiger partial charge in [0, 0.05) is 31.4 Å². The number of thiophene rings is 1. The van der Waals surface area contributed by atoms with Gasteiger partial charge in [0.25, 0.3) is 5.91 Å². The van der Waals surface area contributed by atoms with Gasteiger partial charge in [-0.15, -0.1) is 11.3 Å². The van der Waals surface area contributed by atoms with Gasteiger partial charge in [-0.2, -0.15) is 18.3 Å². The molecular formula is C21H26F3N5OS. The van der Waals surface area contributed by atoms with E-state index in [0.717, 1.165) is 42.6 Å². The summed E-state index contributed by atoms with van der Waals surface area (Å²) in [6.45, 7) is 4.33. The van der Waals surface area contributed by atoms with Crippen molar-refractivity contribution in [3.8, 4) is 10.6 Å². The van der Waals surface area contributed by atoms with Crippen molar-refractivity contribution in [1.29, 1.82) is 0 Å². The molecule has 3 rings (SSSR count). The summed E-state index contributed by atoms with van der Waals surface area (Å²) < 4.78 is 38.1. The summed E-state index contributed by atoms with van der Waals surface area (Å²) in [6, 6.07) is 4.66. The molecule has 1 fully saturated rings. The molecule has 2 aromatic heterocycles. The Hall–Kier alpha value is -2.59. The summed E-state index contributed by atoms with van der Waals surface area (Å²) in [6.07, 6.45) is 2.59. The Bertz CT molecular complexity index is 960. The number of amides is 1. The van der Waals surface area contributed by atoms with Crippen LogP contribution in [0.15, 0.2) is 42.1 Å². The number of rotatable bonds is 7. The van der Waals surface area contributed by atoms with Crippen molar-refractivity contribution in [3.63, 3.8) is 0 Å². The highest BCUT2D eigenvalue weighted by atomic mass is 32.1. The van der Waals surface area contributed by atoms with Crippen LogP contribution in [0.5, 0.6) is 0 Å². The maximum atomic E-state index is 12.7. The van der Waals surface area contributed by atoms with E-state index in [2.05, 4.69) is 40.4 Å². The van der Waals surface area contributed by atoms with Crippen LogP contribution < -0.4 is 5.32 Å². The first kappa shape index (κ1) is 23.1. The average Bonchev–Trinajstić information content (AvgIpc) is 3.46. The summed E-state index contributed by atoms with van der Waals surface area (Å²) in [5, 5.41) is 8.49. The first-order chi connectivity index (χ1) is 14.7. The number of nitrogens with one attached hydrogen (secondary N) is 2. The number of aromatic nitrogens is 2. The molecule has 168 valence electrons. The van der Waals surface area contributed by atoms with E-state index in [9.17, 15) is 18.0 Å². The fourth-order valence-electron chi connectivity index (χ4n) is 3.39. The van der Waals surface area contributed by atoms with Crippen molar-refractivity contribution < 1.29 is 18.0 Å². The summed E-state index contributed by atoms with van der Waals surface area (Å²) >= 11 is 1.10. The number of alkyl halides is 3. The second-order valence-corrected chi connectivity index (χ2v) is 8.59. The van der Waals surface area contributed by atoms with E-state index in [1.165, 1.54) is 0 Å². The van der Waals surface area contributed by atoms with Crippen LogP contribution in [0.3, 0.4) is 0 Å². The van der Waals surface area contributed by atoms with Gasteiger partial charge in [-0.3, -0.25) is 9.89 Å². The lowest BCUT2D eigenvalue weighted by atomic mass is 10.2. The highest BCUT2D eigenvalue weighted by Gasteiger charge is 2.33. The molecule has 1 aliphatic rings. The zero-order chi connectivity index (χ0) is 22.6. The minimum Gasteiger partial charge on any atom is -0.370 e. The topological polar surface area (TPSA) is 64.3 Å². The Labute approximate surface area is 183 Å². The Morgan fingerprint density at radius 1 is 1.42 bits per heavy atom. The van der Waals surface area contributed by atoms with E-state index in [-0.39, 0.29) is 11.6 Å². The Kier molecular flexibility index (Phi) is 7.22. The van der Waals surface area contributed by atoms with Gasteiger partial charge in [0.15, 0.2) is 0 Å².